The molecule has 1 saturated carbocycles. The summed E-state index contributed by atoms with van der Waals surface area (Å²) in [6.07, 6.45) is 8.05. The number of rotatable bonds is 6. The second-order valence-corrected chi connectivity index (χ2v) is 8.15. The molecule has 1 aliphatic heterocycles. The Morgan fingerprint density at radius 1 is 1.10 bits per heavy atom. The van der Waals surface area contributed by atoms with Crippen LogP contribution >= 0.6 is 0 Å². The lowest BCUT2D eigenvalue weighted by atomic mass is 9.99. The van der Waals surface area contributed by atoms with Gasteiger partial charge in [0, 0.05) is 30.5 Å². The monoisotopic (exact) mass is 396 g/mol. The average Bonchev–Trinajstić information content (AvgIpc) is 3.22. The lowest BCUT2D eigenvalue weighted by Gasteiger charge is -2.32. The molecular formula is C21H28N6O2. The molecule has 1 saturated heterocycles. The summed E-state index contributed by atoms with van der Waals surface area (Å²) in [5, 5.41) is 17.7. The molecule has 0 unspecified atom stereocenters. The fourth-order valence-corrected chi connectivity index (χ4v) is 4.09. The van der Waals surface area contributed by atoms with E-state index >= 15 is 0 Å². The summed E-state index contributed by atoms with van der Waals surface area (Å²) < 4.78 is 0. The van der Waals surface area contributed by atoms with Gasteiger partial charge in [-0.3, -0.25) is 10.1 Å². The lowest BCUT2D eigenvalue weighted by Crippen LogP contribution is -2.32. The first-order chi connectivity index (χ1) is 14.1. The zero-order chi connectivity index (χ0) is 20.2. The molecule has 29 heavy (non-hydrogen) atoms. The summed E-state index contributed by atoms with van der Waals surface area (Å²) in [7, 11) is 0. The van der Waals surface area contributed by atoms with Gasteiger partial charge in [0.05, 0.1) is 4.92 Å². The van der Waals surface area contributed by atoms with Crippen molar-refractivity contribution in [2.24, 2.45) is 5.92 Å². The molecule has 0 atom stereocenters. The van der Waals surface area contributed by atoms with Gasteiger partial charge >= 0.3 is 5.69 Å². The van der Waals surface area contributed by atoms with E-state index in [1.807, 2.05) is 12.1 Å². The number of nitro groups is 1. The van der Waals surface area contributed by atoms with Crippen LogP contribution in [0.25, 0.3) is 0 Å². The standard InChI is InChI=1S/C21H28N6O2/c1-15-10-12-26(13-11-15)18-8-6-17(7-9-18)24-21-22-14-19(27(28)29)20(25-21)23-16-4-2-3-5-16/h6-9,14-16H,2-5,10-13H2,1H3,(H2,22,23,24,25). The predicted octanol–water partition coefficient (Wildman–Crippen LogP) is 4.72. The molecule has 0 spiro atoms. The Balaban J connectivity index is 1.46. The first-order valence-electron chi connectivity index (χ1n) is 10.5. The van der Waals surface area contributed by atoms with Gasteiger partial charge in [-0.25, -0.2) is 4.98 Å². The maximum absolute atomic E-state index is 11.3. The van der Waals surface area contributed by atoms with E-state index in [-0.39, 0.29) is 11.7 Å². The molecule has 8 heteroatoms. The van der Waals surface area contributed by atoms with Crippen molar-refractivity contribution in [3.63, 3.8) is 0 Å². The number of piperidine rings is 1. The third kappa shape index (κ3) is 4.75. The van der Waals surface area contributed by atoms with E-state index < -0.39 is 4.92 Å². The fraction of sp³-hybridized carbons (Fsp3) is 0.524. The van der Waals surface area contributed by atoms with Crippen LogP contribution in [0.15, 0.2) is 30.5 Å². The molecule has 1 aromatic carbocycles. The maximum Gasteiger partial charge on any atom is 0.329 e. The minimum Gasteiger partial charge on any atom is -0.372 e. The molecule has 0 amide bonds. The number of benzene rings is 1. The van der Waals surface area contributed by atoms with Gasteiger partial charge in [-0.2, -0.15) is 4.98 Å². The smallest absolute Gasteiger partial charge is 0.329 e. The highest BCUT2D eigenvalue weighted by Gasteiger charge is 2.22. The number of nitrogens with zero attached hydrogens (tertiary/aromatic N) is 4. The molecular weight excluding hydrogens is 368 g/mol. The number of anilines is 4. The molecule has 2 fully saturated rings. The minimum atomic E-state index is -0.435. The average molecular weight is 396 g/mol. The Hall–Kier alpha value is -2.90. The van der Waals surface area contributed by atoms with Crippen LogP contribution in [0.4, 0.5) is 28.8 Å². The maximum atomic E-state index is 11.3. The highest BCUT2D eigenvalue weighted by atomic mass is 16.6. The second-order valence-electron chi connectivity index (χ2n) is 8.15. The molecule has 0 radical (unpaired) electrons. The summed E-state index contributed by atoms with van der Waals surface area (Å²) >= 11 is 0. The zero-order valence-corrected chi connectivity index (χ0v) is 16.8. The van der Waals surface area contributed by atoms with E-state index in [2.05, 4.69) is 44.6 Å². The van der Waals surface area contributed by atoms with Crippen LogP contribution in [0, 0.1) is 16.0 Å². The van der Waals surface area contributed by atoms with Crippen molar-refractivity contribution in [2.75, 3.05) is 28.6 Å². The van der Waals surface area contributed by atoms with E-state index in [9.17, 15) is 10.1 Å². The van der Waals surface area contributed by atoms with Crippen LogP contribution in [-0.2, 0) is 0 Å². The van der Waals surface area contributed by atoms with Gasteiger partial charge in [0.15, 0.2) is 0 Å². The van der Waals surface area contributed by atoms with Crippen molar-refractivity contribution in [2.45, 2.75) is 51.5 Å². The fourth-order valence-electron chi connectivity index (χ4n) is 4.09. The van der Waals surface area contributed by atoms with E-state index in [4.69, 9.17) is 0 Å². The minimum absolute atomic E-state index is 0.0860. The molecule has 2 aromatic rings. The van der Waals surface area contributed by atoms with Crippen LogP contribution in [0.5, 0.6) is 0 Å². The van der Waals surface area contributed by atoms with Gasteiger partial charge in [-0.1, -0.05) is 19.8 Å². The Labute approximate surface area is 170 Å². The normalized spacial score (nSPS) is 18.0. The first-order valence-corrected chi connectivity index (χ1v) is 10.5. The van der Waals surface area contributed by atoms with Crippen molar-refractivity contribution >= 4 is 28.8 Å². The molecule has 1 aromatic heterocycles. The van der Waals surface area contributed by atoms with Crippen LogP contribution < -0.4 is 15.5 Å². The highest BCUT2D eigenvalue weighted by molar-refractivity contribution is 5.63. The first kappa shape index (κ1) is 19.4. The number of nitrogens with one attached hydrogen (secondary N) is 2. The molecule has 8 nitrogen and oxygen atoms in total. The molecule has 2 N–H and O–H groups in total. The summed E-state index contributed by atoms with van der Waals surface area (Å²) in [6, 6.07) is 8.44. The van der Waals surface area contributed by atoms with Gasteiger partial charge in [0.1, 0.15) is 6.20 Å². The van der Waals surface area contributed by atoms with E-state index in [0.717, 1.165) is 50.4 Å². The van der Waals surface area contributed by atoms with Crippen LogP contribution in [0.3, 0.4) is 0 Å². The summed E-state index contributed by atoms with van der Waals surface area (Å²) in [5.74, 6) is 1.45. The van der Waals surface area contributed by atoms with Crippen LogP contribution in [-0.4, -0.2) is 34.0 Å². The van der Waals surface area contributed by atoms with Crippen LogP contribution in [0.1, 0.15) is 45.4 Å². The zero-order valence-electron chi connectivity index (χ0n) is 16.8. The summed E-state index contributed by atoms with van der Waals surface area (Å²) in [4.78, 5) is 21.8. The lowest BCUT2D eigenvalue weighted by molar-refractivity contribution is -0.384. The molecule has 2 aliphatic rings. The second kappa shape index (κ2) is 8.63. The molecule has 2 heterocycles. The topological polar surface area (TPSA) is 96.2 Å². The van der Waals surface area contributed by atoms with Crippen molar-refractivity contribution in [1.29, 1.82) is 0 Å². The Kier molecular flexibility index (Phi) is 5.78. The van der Waals surface area contributed by atoms with Crippen molar-refractivity contribution < 1.29 is 4.92 Å². The Bertz CT molecular complexity index is 843. The predicted molar refractivity (Wildman–Crippen MR) is 115 cm³/mol. The highest BCUT2D eigenvalue weighted by Crippen LogP contribution is 2.29. The van der Waals surface area contributed by atoms with Gasteiger partial charge in [-0.05, 0) is 55.9 Å². The van der Waals surface area contributed by atoms with E-state index in [1.165, 1.54) is 24.7 Å². The van der Waals surface area contributed by atoms with Crippen LogP contribution in [0.2, 0.25) is 0 Å². The third-order valence-corrected chi connectivity index (χ3v) is 5.93. The van der Waals surface area contributed by atoms with E-state index in [1.54, 1.807) is 0 Å². The van der Waals surface area contributed by atoms with Gasteiger partial charge in [-0.15, -0.1) is 0 Å². The largest absolute Gasteiger partial charge is 0.372 e. The molecule has 154 valence electrons. The van der Waals surface area contributed by atoms with Gasteiger partial charge in [0.25, 0.3) is 0 Å². The van der Waals surface area contributed by atoms with Crippen molar-refractivity contribution in [1.82, 2.24) is 9.97 Å². The number of hydrogen-bond acceptors (Lipinski definition) is 7. The summed E-state index contributed by atoms with van der Waals surface area (Å²) in [5.41, 5.74) is 1.99. The number of aromatic nitrogens is 2. The van der Waals surface area contributed by atoms with E-state index in [0.29, 0.717) is 11.8 Å². The molecule has 4 rings (SSSR count). The molecule has 0 bridgehead atoms. The quantitative estimate of drug-likeness (QED) is 0.539. The third-order valence-electron chi connectivity index (χ3n) is 5.93. The Morgan fingerprint density at radius 2 is 1.79 bits per heavy atom. The van der Waals surface area contributed by atoms with Gasteiger partial charge in [0.2, 0.25) is 11.8 Å². The Morgan fingerprint density at radius 3 is 2.45 bits per heavy atom. The SMILES string of the molecule is CC1CCN(c2ccc(Nc3ncc([N+](=O)[O-])c(NC4CCCC4)n3)cc2)CC1. The molecule has 1 aliphatic carbocycles. The summed E-state index contributed by atoms with van der Waals surface area (Å²) in [6.45, 7) is 4.50. The van der Waals surface area contributed by atoms with Gasteiger partial charge < -0.3 is 15.5 Å². The van der Waals surface area contributed by atoms with Crippen molar-refractivity contribution in [3.05, 3.63) is 40.6 Å². The number of hydrogen-bond donors (Lipinski definition) is 2. The van der Waals surface area contributed by atoms with Crippen molar-refractivity contribution in [3.8, 4) is 0 Å².